The van der Waals surface area contributed by atoms with Crippen LogP contribution in [0.2, 0.25) is 0 Å². The molecular weight excluding hydrogens is 442 g/mol. The maximum absolute atomic E-state index is 13.1. The molecule has 1 heterocycles. The third kappa shape index (κ3) is 4.53. The SMILES string of the molecule is COC(=O)[C@@]1(COS(=O)(=O)c2ccc(C)cc2)OC(c2ccccc2)=N[C@H]1c1ccccc1. The van der Waals surface area contributed by atoms with Crippen LogP contribution in [0.25, 0.3) is 0 Å². The molecule has 0 saturated carbocycles. The Kier molecular flexibility index (Phi) is 6.31. The number of aliphatic imine (C=N–C) groups is 1. The lowest BCUT2D eigenvalue weighted by Gasteiger charge is -2.30. The van der Waals surface area contributed by atoms with Gasteiger partial charge in [-0.3, -0.25) is 4.18 Å². The summed E-state index contributed by atoms with van der Waals surface area (Å²) in [5.74, 6) is -0.587. The highest BCUT2D eigenvalue weighted by Gasteiger charge is 2.56. The first kappa shape index (κ1) is 22.7. The molecule has 8 heteroatoms. The Bertz CT molecular complexity index is 1260. The van der Waals surface area contributed by atoms with Crippen LogP contribution in [0.5, 0.6) is 0 Å². The third-order valence-corrected chi connectivity index (χ3v) is 6.65. The van der Waals surface area contributed by atoms with Crippen LogP contribution < -0.4 is 0 Å². The van der Waals surface area contributed by atoms with Gasteiger partial charge in [0.05, 0.1) is 12.0 Å². The smallest absolute Gasteiger partial charge is 0.355 e. The summed E-state index contributed by atoms with van der Waals surface area (Å²) in [6.45, 7) is 1.23. The molecule has 0 fully saturated rings. The van der Waals surface area contributed by atoms with Crippen molar-refractivity contribution in [2.45, 2.75) is 23.5 Å². The van der Waals surface area contributed by atoms with Crippen molar-refractivity contribution in [2.75, 3.05) is 13.7 Å². The van der Waals surface area contributed by atoms with Crippen molar-refractivity contribution in [3.05, 3.63) is 102 Å². The zero-order valence-electron chi connectivity index (χ0n) is 18.2. The van der Waals surface area contributed by atoms with Crippen LogP contribution in [0.4, 0.5) is 0 Å². The fourth-order valence-electron chi connectivity index (χ4n) is 3.60. The molecule has 0 saturated heterocycles. The van der Waals surface area contributed by atoms with E-state index in [1.807, 2.05) is 31.2 Å². The molecule has 2 atom stereocenters. The number of esters is 1. The van der Waals surface area contributed by atoms with Gasteiger partial charge in [-0.25, -0.2) is 9.79 Å². The minimum Gasteiger partial charge on any atom is -0.466 e. The standard InChI is InChI=1S/C25H23NO6S/c1-18-13-15-21(16-14-18)33(28,29)31-17-25(24(27)30-2)22(19-9-5-3-6-10-19)26-23(32-25)20-11-7-4-8-12-20/h3-16,22H,17H2,1-2H3/t22-,25-/m0/s1. The van der Waals surface area contributed by atoms with Gasteiger partial charge in [0.15, 0.2) is 0 Å². The number of ether oxygens (including phenoxy) is 2. The van der Waals surface area contributed by atoms with Crippen LogP contribution in [0.1, 0.15) is 22.7 Å². The van der Waals surface area contributed by atoms with Gasteiger partial charge < -0.3 is 9.47 Å². The number of hydrogen-bond acceptors (Lipinski definition) is 7. The highest BCUT2D eigenvalue weighted by atomic mass is 32.2. The Labute approximate surface area is 192 Å². The van der Waals surface area contributed by atoms with Crippen molar-refractivity contribution >= 4 is 22.0 Å². The van der Waals surface area contributed by atoms with Gasteiger partial charge in [0.2, 0.25) is 5.90 Å². The molecule has 0 spiro atoms. The zero-order chi connectivity index (χ0) is 23.5. The number of hydrogen-bond donors (Lipinski definition) is 0. The van der Waals surface area contributed by atoms with Crippen molar-refractivity contribution in [3.63, 3.8) is 0 Å². The predicted octanol–water partition coefficient (Wildman–Crippen LogP) is 3.83. The molecule has 0 N–H and O–H groups in total. The monoisotopic (exact) mass is 465 g/mol. The number of nitrogens with zero attached hydrogens (tertiary/aromatic N) is 1. The van der Waals surface area contributed by atoms with Gasteiger partial charge in [-0.1, -0.05) is 66.2 Å². The molecule has 0 aliphatic carbocycles. The van der Waals surface area contributed by atoms with Crippen molar-refractivity contribution in [2.24, 2.45) is 4.99 Å². The average molecular weight is 466 g/mol. The quantitative estimate of drug-likeness (QED) is 0.389. The van der Waals surface area contributed by atoms with Crippen molar-refractivity contribution in [1.29, 1.82) is 0 Å². The topological polar surface area (TPSA) is 91.3 Å². The number of benzene rings is 3. The number of methoxy groups -OCH3 is 1. The summed E-state index contributed by atoms with van der Waals surface area (Å²) in [7, 11) is -2.96. The van der Waals surface area contributed by atoms with E-state index < -0.39 is 34.3 Å². The molecule has 3 aromatic carbocycles. The number of aryl methyl sites for hydroxylation is 1. The van der Waals surface area contributed by atoms with Gasteiger partial charge >= 0.3 is 5.97 Å². The molecule has 1 aliphatic heterocycles. The second-order valence-corrected chi connectivity index (χ2v) is 9.24. The highest BCUT2D eigenvalue weighted by molar-refractivity contribution is 7.86. The zero-order valence-corrected chi connectivity index (χ0v) is 19.0. The first-order valence-corrected chi connectivity index (χ1v) is 11.7. The molecule has 3 aromatic rings. The van der Waals surface area contributed by atoms with Crippen molar-refractivity contribution < 1.29 is 26.9 Å². The van der Waals surface area contributed by atoms with Gasteiger partial charge in [0, 0.05) is 5.56 Å². The normalized spacial score (nSPS) is 20.1. The van der Waals surface area contributed by atoms with E-state index in [-0.39, 0.29) is 10.8 Å². The van der Waals surface area contributed by atoms with E-state index >= 15 is 0 Å². The number of carbonyl (C=O) groups excluding carboxylic acids is 1. The second-order valence-electron chi connectivity index (χ2n) is 7.63. The van der Waals surface area contributed by atoms with Crippen LogP contribution in [0.3, 0.4) is 0 Å². The average Bonchev–Trinajstić information content (AvgIpc) is 3.25. The molecule has 7 nitrogen and oxygen atoms in total. The molecule has 1 aliphatic rings. The van der Waals surface area contributed by atoms with Crippen LogP contribution in [-0.2, 0) is 28.6 Å². The van der Waals surface area contributed by atoms with E-state index in [2.05, 4.69) is 4.99 Å². The minimum absolute atomic E-state index is 0.0217. The maximum atomic E-state index is 13.1. The predicted molar refractivity (Wildman–Crippen MR) is 122 cm³/mol. The Balaban J connectivity index is 1.74. The molecule has 0 radical (unpaired) electrons. The summed E-state index contributed by atoms with van der Waals surface area (Å²) < 4.78 is 42.3. The van der Waals surface area contributed by atoms with Gasteiger partial charge in [0.1, 0.15) is 12.6 Å². The van der Waals surface area contributed by atoms with E-state index in [0.29, 0.717) is 11.1 Å². The summed E-state index contributed by atoms with van der Waals surface area (Å²) in [4.78, 5) is 17.7. The molecular formula is C25H23NO6S. The largest absolute Gasteiger partial charge is 0.466 e. The summed E-state index contributed by atoms with van der Waals surface area (Å²) in [6.07, 6.45) is 0. The van der Waals surface area contributed by atoms with E-state index in [9.17, 15) is 13.2 Å². The van der Waals surface area contributed by atoms with Gasteiger partial charge in [0.25, 0.3) is 15.7 Å². The van der Waals surface area contributed by atoms with Crippen LogP contribution in [0.15, 0.2) is 94.8 Å². The summed E-state index contributed by atoms with van der Waals surface area (Å²) in [5.41, 5.74) is 0.374. The van der Waals surface area contributed by atoms with E-state index in [1.165, 1.54) is 19.2 Å². The summed E-state index contributed by atoms with van der Waals surface area (Å²) >= 11 is 0. The molecule has 0 aromatic heterocycles. The van der Waals surface area contributed by atoms with Crippen LogP contribution in [-0.4, -0.2) is 39.6 Å². The summed E-state index contributed by atoms with van der Waals surface area (Å²) in [6, 6.07) is 23.4. The lowest BCUT2D eigenvalue weighted by molar-refractivity contribution is -0.163. The van der Waals surface area contributed by atoms with Gasteiger partial charge in [-0.2, -0.15) is 8.42 Å². The maximum Gasteiger partial charge on any atom is 0.355 e. The van der Waals surface area contributed by atoms with Crippen molar-refractivity contribution in [3.8, 4) is 0 Å². The number of rotatable bonds is 7. The van der Waals surface area contributed by atoms with Gasteiger partial charge in [-0.15, -0.1) is 0 Å². The second kappa shape index (κ2) is 9.17. The minimum atomic E-state index is -4.17. The highest BCUT2D eigenvalue weighted by Crippen LogP contribution is 2.41. The lowest BCUT2D eigenvalue weighted by atomic mass is 9.90. The molecule has 0 unspecified atom stereocenters. The van der Waals surface area contributed by atoms with Crippen molar-refractivity contribution in [1.82, 2.24) is 0 Å². The van der Waals surface area contributed by atoms with Crippen LogP contribution >= 0.6 is 0 Å². The Morgan fingerprint density at radius 3 is 2.18 bits per heavy atom. The molecule has 0 amide bonds. The van der Waals surface area contributed by atoms with E-state index in [1.54, 1.807) is 48.5 Å². The molecule has 33 heavy (non-hydrogen) atoms. The molecule has 170 valence electrons. The molecule has 0 bridgehead atoms. The fourth-order valence-corrected chi connectivity index (χ4v) is 4.54. The fraction of sp³-hybridized carbons (Fsp3) is 0.200. The van der Waals surface area contributed by atoms with E-state index in [4.69, 9.17) is 13.7 Å². The lowest BCUT2D eigenvalue weighted by Crippen LogP contribution is -2.49. The first-order chi connectivity index (χ1) is 15.9. The first-order valence-electron chi connectivity index (χ1n) is 10.3. The Morgan fingerprint density at radius 2 is 1.58 bits per heavy atom. The Hall–Kier alpha value is -3.49. The van der Waals surface area contributed by atoms with Gasteiger partial charge in [-0.05, 0) is 36.8 Å². The van der Waals surface area contributed by atoms with Crippen LogP contribution in [0, 0.1) is 6.92 Å². The Morgan fingerprint density at radius 1 is 0.970 bits per heavy atom. The van der Waals surface area contributed by atoms with E-state index in [0.717, 1.165) is 5.56 Å². The number of carbonyl (C=O) groups is 1. The summed E-state index contributed by atoms with van der Waals surface area (Å²) in [5, 5.41) is 0. The third-order valence-electron chi connectivity index (χ3n) is 5.37. The molecule has 4 rings (SSSR count).